The molecule has 1 aliphatic rings. The minimum Gasteiger partial charge on any atom is -0.314 e. The van der Waals surface area contributed by atoms with Crippen molar-refractivity contribution < 1.29 is 0 Å². The minimum atomic E-state index is 1.19. The standard InChI is InChI=1S/C9H20N2.C5H5N/c1-2-3-4-7-11-8-5-10-6-9-11;1-2-4-6-5-3-1/h10H,2-9H2,1H3;1-5H. The molecule has 3 nitrogen and oxygen atoms in total. The van der Waals surface area contributed by atoms with E-state index in [9.17, 15) is 0 Å². The normalized spacial score (nSPS) is 16.1. The van der Waals surface area contributed by atoms with Crippen molar-refractivity contribution in [2.45, 2.75) is 26.2 Å². The molecule has 17 heavy (non-hydrogen) atoms. The van der Waals surface area contributed by atoms with Crippen molar-refractivity contribution in [3.05, 3.63) is 30.6 Å². The van der Waals surface area contributed by atoms with Crippen LogP contribution in [0.25, 0.3) is 0 Å². The van der Waals surface area contributed by atoms with Crippen molar-refractivity contribution in [2.24, 2.45) is 0 Å². The average Bonchev–Trinajstić information content (AvgIpc) is 2.43. The summed E-state index contributed by atoms with van der Waals surface area (Å²) in [4.78, 5) is 6.35. The van der Waals surface area contributed by atoms with Gasteiger partial charge in [0.1, 0.15) is 0 Å². The van der Waals surface area contributed by atoms with E-state index in [1.165, 1.54) is 52.0 Å². The molecule has 0 aromatic carbocycles. The zero-order valence-electron chi connectivity index (χ0n) is 10.9. The molecule has 96 valence electrons. The number of pyridine rings is 1. The highest BCUT2D eigenvalue weighted by Gasteiger charge is 2.07. The molecule has 0 spiro atoms. The van der Waals surface area contributed by atoms with Gasteiger partial charge in [0.05, 0.1) is 0 Å². The summed E-state index contributed by atoms with van der Waals surface area (Å²) in [5, 5.41) is 3.36. The highest BCUT2D eigenvalue weighted by atomic mass is 15.2. The number of hydrogen-bond acceptors (Lipinski definition) is 3. The van der Waals surface area contributed by atoms with Gasteiger partial charge in [-0.2, -0.15) is 0 Å². The predicted molar refractivity (Wildman–Crippen MR) is 73.1 cm³/mol. The van der Waals surface area contributed by atoms with E-state index in [0.29, 0.717) is 0 Å². The molecule has 2 heterocycles. The Balaban J connectivity index is 0.000000202. The van der Waals surface area contributed by atoms with Crippen LogP contribution in [0.1, 0.15) is 26.2 Å². The summed E-state index contributed by atoms with van der Waals surface area (Å²) in [6, 6.07) is 5.72. The van der Waals surface area contributed by atoms with Crippen LogP contribution in [0.3, 0.4) is 0 Å². The third kappa shape index (κ3) is 7.88. The maximum Gasteiger partial charge on any atom is 0.0267 e. The van der Waals surface area contributed by atoms with Gasteiger partial charge in [-0.1, -0.05) is 25.8 Å². The fourth-order valence-corrected chi connectivity index (χ4v) is 1.83. The second kappa shape index (κ2) is 10.2. The summed E-state index contributed by atoms with van der Waals surface area (Å²) >= 11 is 0. The SMILES string of the molecule is CCCCCN1CCNCC1.c1ccncc1. The number of rotatable bonds is 4. The lowest BCUT2D eigenvalue weighted by atomic mass is 10.2. The number of nitrogens with one attached hydrogen (secondary N) is 1. The summed E-state index contributed by atoms with van der Waals surface area (Å²) in [7, 11) is 0. The van der Waals surface area contributed by atoms with Gasteiger partial charge in [0.2, 0.25) is 0 Å². The summed E-state index contributed by atoms with van der Waals surface area (Å²) < 4.78 is 0. The van der Waals surface area contributed by atoms with Crippen molar-refractivity contribution in [1.82, 2.24) is 15.2 Å². The first-order chi connectivity index (χ1) is 8.43. The van der Waals surface area contributed by atoms with Crippen LogP contribution in [-0.4, -0.2) is 42.6 Å². The Kier molecular flexibility index (Phi) is 8.51. The minimum absolute atomic E-state index is 1.19. The second-order valence-electron chi connectivity index (χ2n) is 4.32. The Bertz CT molecular complexity index is 218. The van der Waals surface area contributed by atoms with E-state index in [1.54, 1.807) is 12.4 Å². The fourth-order valence-electron chi connectivity index (χ4n) is 1.83. The maximum atomic E-state index is 3.78. The summed E-state index contributed by atoms with van der Waals surface area (Å²) in [5.41, 5.74) is 0. The number of unbranched alkanes of at least 4 members (excludes halogenated alkanes) is 2. The molecule has 3 heteroatoms. The first-order valence-electron chi connectivity index (χ1n) is 6.71. The van der Waals surface area contributed by atoms with Gasteiger partial charge in [0.15, 0.2) is 0 Å². The molecular formula is C14H25N3. The van der Waals surface area contributed by atoms with E-state index in [-0.39, 0.29) is 0 Å². The number of aromatic nitrogens is 1. The summed E-state index contributed by atoms with van der Waals surface area (Å²) in [5.74, 6) is 0. The van der Waals surface area contributed by atoms with Crippen molar-refractivity contribution >= 4 is 0 Å². The molecule has 1 N–H and O–H groups in total. The van der Waals surface area contributed by atoms with Crippen LogP contribution in [0.4, 0.5) is 0 Å². The Morgan fingerprint density at radius 1 is 1.06 bits per heavy atom. The molecule has 0 unspecified atom stereocenters. The molecule has 0 saturated carbocycles. The molecule has 0 amide bonds. The van der Waals surface area contributed by atoms with Crippen LogP contribution in [0, 0.1) is 0 Å². The molecule has 1 aromatic rings. The average molecular weight is 235 g/mol. The second-order valence-corrected chi connectivity index (χ2v) is 4.32. The van der Waals surface area contributed by atoms with Gasteiger partial charge < -0.3 is 10.2 Å². The quantitative estimate of drug-likeness (QED) is 0.811. The smallest absolute Gasteiger partial charge is 0.0267 e. The highest BCUT2D eigenvalue weighted by Crippen LogP contribution is 1.98. The van der Waals surface area contributed by atoms with Crippen LogP contribution in [0.15, 0.2) is 30.6 Å². The van der Waals surface area contributed by atoms with Gasteiger partial charge in [-0.15, -0.1) is 0 Å². The van der Waals surface area contributed by atoms with E-state index in [2.05, 4.69) is 22.1 Å². The number of nitrogens with zero attached hydrogens (tertiary/aromatic N) is 2. The van der Waals surface area contributed by atoms with E-state index >= 15 is 0 Å². The molecule has 2 rings (SSSR count). The van der Waals surface area contributed by atoms with Crippen molar-refractivity contribution in [3.8, 4) is 0 Å². The van der Waals surface area contributed by atoms with Crippen molar-refractivity contribution in [1.29, 1.82) is 0 Å². The Hall–Kier alpha value is -0.930. The van der Waals surface area contributed by atoms with Crippen LogP contribution in [-0.2, 0) is 0 Å². The maximum absolute atomic E-state index is 3.78. The van der Waals surface area contributed by atoms with E-state index in [1.807, 2.05) is 18.2 Å². The summed E-state index contributed by atoms with van der Waals surface area (Å²) in [6.07, 6.45) is 7.62. The Labute approximate surface area is 105 Å². The molecule has 1 saturated heterocycles. The predicted octanol–water partition coefficient (Wildman–Crippen LogP) is 2.16. The van der Waals surface area contributed by atoms with Gasteiger partial charge in [0, 0.05) is 38.6 Å². The third-order valence-corrected chi connectivity index (χ3v) is 2.85. The summed E-state index contributed by atoms with van der Waals surface area (Å²) in [6.45, 7) is 8.46. The van der Waals surface area contributed by atoms with Crippen LogP contribution in [0.2, 0.25) is 0 Å². The van der Waals surface area contributed by atoms with Crippen LogP contribution >= 0.6 is 0 Å². The van der Waals surface area contributed by atoms with E-state index < -0.39 is 0 Å². The molecule has 0 atom stereocenters. The first kappa shape index (κ1) is 14.1. The lowest BCUT2D eigenvalue weighted by Crippen LogP contribution is -2.43. The Morgan fingerprint density at radius 2 is 1.76 bits per heavy atom. The zero-order valence-corrected chi connectivity index (χ0v) is 10.9. The van der Waals surface area contributed by atoms with Crippen LogP contribution < -0.4 is 5.32 Å². The molecular weight excluding hydrogens is 210 g/mol. The topological polar surface area (TPSA) is 28.2 Å². The fraction of sp³-hybridized carbons (Fsp3) is 0.643. The highest BCUT2D eigenvalue weighted by molar-refractivity contribution is 4.88. The van der Waals surface area contributed by atoms with Gasteiger partial charge >= 0.3 is 0 Å². The van der Waals surface area contributed by atoms with Crippen molar-refractivity contribution in [3.63, 3.8) is 0 Å². The first-order valence-corrected chi connectivity index (χ1v) is 6.71. The van der Waals surface area contributed by atoms with Gasteiger partial charge in [-0.3, -0.25) is 4.98 Å². The van der Waals surface area contributed by atoms with Gasteiger partial charge in [-0.25, -0.2) is 0 Å². The number of piperazine rings is 1. The molecule has 1 fully saturated rings. The number of hydrogen-bond donors (Lipinski definition) is 1. The lowest BCUT2D eigenvalue weighted by Gasteiger charge is -2.26. The van der Waals surface area contributed by atoms with Gasteiger partial charge in [-0.05, 0) is 25.1 Å². The van der Waals surface area contributed by atoms with E-state index in [0.717, 1.165) is 0 Å². The lowest BCUT2D eigenvalue weighted by molar-refractivity contribution is 0.236. The molecule has 1 aromatic heterocycles. The Morgan fingerprint density at radius 3 is 2.24 bits per heavy atom. The molecule has 0 radical (unpaired) electrons. The largest absolute Gasteiger partial charge is 0.314 e. The third-order valence-electron chi connectivity index (χ3n) is 2.85. The molecule has 1 aliphatic heterocycles. The van der Waals surface area contributed by atoms with Gasteiger partial charge in [0.25, 0.3) is 0 Å². The monoisotopic (exact) mass is 235 g/mol. The van der Waals surface area contributed by atoms with Crippen molar-refractivity contribution in [2.75, 3.05) is 32.7 Å². The molecule has 0 aliphatic carbocycles. The zero-order chi connectivity index (χ0) is 12.2. The van der Waals surface area contributed by atoms with Crippen LogP contribution in [0.5, 0.6) is 0 Å². The van der Waals surface area contributed by atoms with E-state index in [4.69, 9.17) is 0 Å². The molecule has 0 bridgehead atoms.